The first-order chi connectivity index (χ1) is 9.74. The van der Waals surface area contributed by atoms with Crippen molar-refractivity contribution in [2.45, 2.75) is 25.4 Å². The molecule has 2 rings (SSSR count). The van der Waals surface area contributed by atoms with Crippen molar-refractivity contribution in [3.8, 4) is 0 Å². The lowest BCUT2D eigenvalue weighted by Crippen LogP contribution is -2.35. The molecule has 0 spiro atoms. The van der Waals surface area contributed by atoms with Crippen molar-refractivity contribution >= 4 is 0 Å². The molecule has 1 aromatic carbocycles. The number of nitrogens with two attached hydrogens (primary N) is 1. The Balaban J connectivity index is 1.72. The fourth-order valence-corrected chi connectivity index (χ4v) is 2.35. The highest BCUT2D eigenvalue weighted by atomic mass is 15.1. The summed E-state index contributed by atoms with van der Waals surface area (Å²) in [7, 11) is 2.11. The minimum absolute atomic E-state index is 0.210. The van der Waals surface area contributed by atoms with Gasteiger partial charge in [-0.2, -0.15) is 0 Å². The molecule has 106 valence electrons. The highest BCUT2D eigenvalue weighted by molar-refractivity contribution is 5.14. The molecule has 0 aliphatic carbocycles. The molecule has 1 atom stereocenters. The molecule has 0 amide bonds. The molecule has 3 heteroatoms. The molecule has 1 aromatic heterocycles. The Hall–Kier alpha value is -1.71. The Morgan fingerprint density at radius 3 is 2.45 bits per heavy atom. The maximum atomic E-state index is 6.22. The molecule has 0 saturated carbocycles. The molecule has 1 unspecified atom stereocenters. The highest BCUT2D eigenvalue weighted by Crippen LogP contribution is 2.06. The smallest absolute Gasteiger partial charge is 0.0271 e. The van der Waals surface area contributed by atoms with Crippen LogP contribution in [-0.4, -0.2) is 29.5 Å². The lowest BCUT2D eigenvalue weighted by atomic mass is 10.1. The summed E-state index contributed by atoms with van der Waals surface area (Å²) in [6, 6.07) is 14.8. The summed E-state index contributed by atoms with van der Waals surface area (Å²) < 4.78 is 0. The van der Waals surface area contributed by atoms with Gasteiger partial charge in [-0.15, -0.1) is 0 Å². The summed E-state index contributed by atoms with van der Waals surface area (Å²) in [5.74, 6) is 0. The topological polar surface area (TPSA) is 42.2 Å². The Kier molecular flexibility index (Phi) is 5.71. The molecule has 2 N–H and O–H groups in total. The number of likely N-dealkylation sites (N-methyl/N-ethyl adjacent to an activating group) is 1. The summed E-state index contributed by atoms with van der Waals surface area (Å²) in [6.45, 7) is 1.83. The average molecular weight is 269 g/mol. The van der Waals surface area contributed by atoms with E-state index in [1.807, 2.05) is 30.6 Å². The minimum Gasteiger partial charge on any atom is -0.327 e. The zero-order chi connectivity index (χ0) is 14.2. The average Bonchev–Trinajstić information content (AvgIpc) is 2.47. The number of aryl methyl sites for hydroxylation is 1. The molecule has 20 heavy (non-hydrogen) atoms. The number of pyridine rings is 1. The van der Waals surface area contributed by atoms with Crippen molar-refractivity contribution in [3.63, 3.8) is 0 Å². The second-order valence-electron chi connectivity index (χ2n) is 5.34. The van der Waals surface area contributed by atoms with E-state index < -0.39 is 0 Å². The second kappa shape index (κ2) is 7.78. The lowest BCUT2D eigenvalue weighted by molar-refractivity contribution is 0.297. The van der Waals surface area contributed by atoms with Gasteiger partial charge in [0, 0.05) is 31.5 Å². The number of hydrogen-bond acceptors (Lipinski definition) is 3. The molecule has 3 nitrogen and oxygen atoms in total. The second-order valence-corrected chi connectivity index (χ2v) is 5.34. The van der Waals surface area contributed by atoms with Gasteiger partial charge in [-0.05, 0) is 43.1 Å². The fraction of sp³-hybridized carbons (Fsp3) is 0.353. The van der Waals surface area contributed by atoms with Gasteiger partial charge in [-0.1, -0.05) is 30.3 Å². The predicted molar refractivity (Wildman–Crippen MR) is 83.3 cm³/mol. The van der Waals surface area contributed by atoms with Crippen LogP contribution in [-0.2, 0) is 13.0 Å². The number of rotatable bonds is 7. The van der Waals surface area contributed by atoms with Gasteiger partial charge < -0.3 is 10.6 Å². The molecule has 0 aliphatic rings. The summed E-state index contributed by atoms with van der Waals surface area (Å²) in [5, 5.41) is 0. The normalized spacial score (nSPS) is 12.6. The van der Waals surface area contributed by atoms with Crippen LogP contribution in [0.5, 0.6) is 0 Å². The SMILES string of the molecule is CN(Cc1ccncc1)CC(N)CCc1ccccc1. The van der Waals surface area contributed by atoms with E-state index in [4.69, 9.17) is 5.73 Å². The Bertz CT molecular complexity index is 484. The van der Waals surface area contributed by atoms with Crippen molar-refractivity contribution in [2.75, 3.05) is 13.6 Å². The maximum Gasteiger partial charge on any atom is 0.0271 e. The van der Waals surface area contributed by atoms with Crippen molar-refractivity contribution < 1.29 is 0 Å². The predicted octanol–water partition coefficient (Wildman–Crippen LogP) is 2.47. The van der Waals surface area contributed by atoms with Crippen LogP contribution in [0.2, 0.25) is 0 Å². The first-order valence-corrected chi connectivity index (χ1v) is 7.11. The summed E-state index contributed by atoms with van der Waals surface area (Å²) >= 11 is 0. The molecule has 0 fully saturated rings. The third-order valence-corrected chi connectivity index (χ3v) is 3.39. The number of aromatic nitrogens is 1. The van der Waals surface area contributed by atoms with Gasteiger partial charge in [0.1, 0.15) is 0 Å². The summed E-state index contributed by atoms with van der Waals surface area (Å²) in [5.41, 5.74) is 8.86. The third kappa shape index (κ3) is 5.11. The standard InChI is InChI=1S/C17H23N3/c1-20(13-16-9-11-19-12-10-16)14-17(18)8-7-15-5-3-2-4-6-15/h2-6,9-12,17H,7-8,13-14,18H2,1H3. The summed E-state index contributed by atoms with van der Waals surface area (Å²) in [6.07, 6.45) is 5.73. The van der Waals surface area contributed by atoms with Crippen LogP contribution in [0.1, 0.15) is 17.5 Å². The van der Waals surface area contributed by atoms with Gasteiger partial charge in [0.15, 0.2) is 0 Å². The van der Waals surface area contributed by atoms with E-state index in [1.54, 1.807) is 0 Å². The van der Waals surface area contributed by atoms with Crippen LogP contribution < -0.4 is 5.73 Å². The Labute approximate surface area is 121 Å². The van der Waals surface area contributed by atoms with Crippen LogP contribution >= 0.6 is 0 Å². The number of hydrogen-bond donors (Lipinski definition) is 1. The van der Waals surface area contributed by atoms with Gasteiger partial charge in [0.25, 0.3) is 0 Å². The van der Waals surface area contributed by atoms with E-state index in [2.05, 4.69) is 41.2 Å². The van der Waals surface area contributed by atoms with Gasteiger partial charge in [0.2, 0.25) is 0 Å². The van der Waals surface area contributed by atoms with Crippen LogP contribution in [0.15, 0.2) is 54.9 Å². The lowest BCUT2D eigenvalue weighted by Gasteiger charge is -2.21. The summed E-state index contributed by atoms with van der Waals surface area (Å²) in [4.78, 5) is 6.30. The van der Waals surface area contributed by atoms with Crippen molar-refractivity contribution in [1.29, 1.82) is 0 Å². The Morgan fingerprint density at radius 2 is 1.75 bits per heavy atom. The van der Waals surface area contributed by atoms with E-state index in [-0.39, 0.29) is 6.04 Å². The molecule has 0 bridgehead atoms. The monoisotopic (exact) mass is 269 g/mol. The fourth-order valence-electron chi connectivity index (χ4n) is 2.35. The molecule has 0 radical (unpaired) electrons. The van der Waals surface area contributed by atoms with Crippen molar-refractivity contribution in [3.05, 3.63) is 66.0 Å². The largest absolute Gasteiger partial charge is 0.327 e. The van der Waals surface area contributed by atoms with E-state index in [9.17, 15) is 0 Å². The minimum atomic E-state index is 0.210. The first-order valence-electron chi connectivity index (χ1n) is 7.11. The van der Waals surface area contributed by atoms with E-state index in [0.29, 0.717) is 0 Å². The van der Waals surface area contributed by atoms with Crippen molar-refractivity contribution in [2.24, 2.45) is 5.73 Å². The molecule has 0 aliphatic heterocycles. The van der Waals surface area contributed by atoms with E-state index >= 15 is 0 Å². The van der Waals surface area contributed by atoms with Crippen LogP contribution in [0.25, 0.3) is 0 Å². The molecular formula is C17H23N3. The first kappa shape index (κ1) is 14.7. The van der Waals surface area contributed by atoms with Gasteiger partial charge in [-0.25, -0.2) is 0 Å². The van der Waals surface area contributed by atoms with Crippen molar-refractivity contribution in [1.82, 2.24) is 9.88 Å². The zero-order valence-electron chi connectivity index (χ0n) is 12.1. The molecular weight excluding hydrogens is 246 g/mol. The maximum absolute atomic E-state index is 6.22. The zero-order valence-corrected chi connectivity index (χ0v) is 12.1. The molecule has 2 aromatic rings. The molecule has 1 heterocycles. The van der Waals surface area contributed by atoms with Crippen LogP contribution in [0.3, 0.4) is 0 Å². The van der Waals surface area contributed by atoms with Gasteiger partial charge in [0.05, 0.1) is 0 Å². The number of benzene rings is 1. The highest BCUT2D eigenvalue weighted by Gasteiger charge is 2.07. The Morgan fingerprint density at radius 1 is 1.05 bits per heavy atom. The van der Waals surface area contributed by atoms with E-state index in [0.717, 1.165) is 25.9 Å². The van der Waals surface area contributed by atoms with Gasteiger partial charge in [-0.3, -0.25) is 4.98 Å². The quantitative estimate of drug-likeness (QED) is 0.839. The number of nitrogens with zero attached hydrogens (tertiary/aromatic N) is 2. The molecule has 0 saturated heterocycles. The van der Waals surface area contributed by atoms with Crippen LogP contribution in [0.4, 0.5) is 0 Å². The van der Waals surface area contributed by atoms with Gasteiger partial charge >= 0.3 is 0 Å². The van der Waals surface area contributed by atoms with E-state index in [1.165, 1.54) is 11.1 Å². The third-order valence-electron chi connectivity index (χ3n) is 3.39. The van der Waals surface area contributed by atoms with Crippen LogP contribution in [0, 0.1) is 0 Å².